The molecule has 1 aliphatic rings. The molecule has 1 aliphatic carbocycles. The van der Waals surface area contributed by atoms with E-state index in [4.69, 9.17) is 0 Å². The molecule has 0 atom stereocenters. The highest BCUT2D eigenvalue weighted by molar-refractivity contribution is 5.98. The van der Waals surface area contributed by atoms with Crippen LogP contribution in [0.3, 0.4) is 0 Å². The van der Waals surface area contributed by atoms with E-state index in [1.54, 1.807) is 18.2 Å². The van der Waals surface area contributed by atoms with Crippen molar-refractivity contribution in [1.82, 2.24) is 0 Å². The van der Waals surface area contributed by atoms with Crippen molar-refractivity contribution >= 4 is 5.78 Å². The molecule has 0 aliphatic heterocycles. The molecule has 0 heterocycles. The van der Waals surface area contributed by atoms with E-state index in [2.05, 4.69) is 0 Å². The zero-order valence-corrected chi connectivity index (χ0v) is 7.29. The Kier molecular flexibility index (Phi) is 2.13. The van der Waals surface area contributed by atoms with Crippen molar-refractivity contribution in [1.29, 1.82) is 0 Å². The molecule has 2 heteroatoms. The third-order valence-corrected chi connectivity index (χ3v) is 2.62. The van der Waals surface area contributed by atoms with Crippen LogP contribution >= 0.6 is 0 Å². The molecule has 68 valence electrons. The van der Waals surface area contributed by atoms with Crippen LogP contribution in [0.4, 0.5) is 4.39 Å². The van der Waals surface area contributed by atoms with Crippen molar-refractivity contribution in [2.45, 2.75) is 19.3 Å². The summed E-state index contributed by atoms with van der Waals surface area (Å²) in [5, 5.41) is 0. The summed E-state index contributed by atoms with van der Waals surface area (Å²) >= 11 is 0. The van der Waals surface area contributed by atoms with Crippen LogP contribution in [-0.2, 0) is 0 Å². The summed E-state index contributed by atoms with van der Waals surface area (Å²) in [5.41, 5.74) is 0.257. The highest BCUT2D eigenvalue weighted by atomic mass is 19.1. The molecule has 13 heavy (non-hydrogen) atoms. The molecule has 2 rings (SSSR count). The Bertz CT molecular complexity index is 329. The molecule has 0 N–H and O–H groups in total. The third kappa shape index (κ3) is 1.48. The lowest BCUT2D eigenvalue weighted by atomic mass is 9.80. The van der Waals surface area contributed by atoms with Gasteiger partial charge in [-0.05, 0) is 25.0 Å². The first-order valence-electron chi connectivity index (χ1n) is 4.58. The molecule has 0 unspecified atom stereocenters. The minimum atomic E-state index is -0.389. The van der Waals surface area contributed by atoms with Gasteiger partial charge in [0.05, 0.1) is 5.56 Å². The van der Waals surface area contributed by atoms with E-state index >= 15 is 0 Å². The van der Waals surface area contributed by atoms with E-state index in [9.17, 15) is 9.18 Å². The summed E-state index contributed by atoms with van der Waals surface area (Å²) in [6, 6.07) is 6.21. The highest BCUT2D eigenvalue weighted by Crippen LogP contribution is 2.30. The molecule has 0 aromatic heterocycles. The summed E-state index contributed by atoms with van der Waals surface area (Å²) in [7, 11) is 0. The number of Topliss-reactive ketones (excluding diaryl/α,β-unsaturated/α-hetero) is 1. The van der Waals surface area contributed by atoms with Crippen molar-refractivity contribution in [3.63, 3.8) is 0 Å². The molecule has 0 radical (unpaired) electrons. The smallest absolute Gasteiger partial charge is 0.168 e. The summed E-state index contributed by atoms with van der Waals surface area (Å²) < 4.78 is 13.1. The summed E-state index contributed by atoms with van der Waals surface area (Å²) in [5.74, 6) is -0.333. The minimum absolute atomic E-state index is 0.0237. The van der Waals surface area contributed by atoms with Crippen LogP contribution in [0.2, 0.25) is 0 Å². The Morgan fingerprint density at radius 3 is 2.54 bits per heavy atom. The van der Waals surface area contributed by atoms with E-state index < -0.39 is 0 Å². The van der Waals surface area contributed by atoms with Crippen LogP contribution in [0, 0.1) is 11.7 Å². The largest absolute Gasteiger partial charge is 0.294 e. The normalized spacial score (nSPS) is 16.7. The molecule has 1 saturated carbocycles. The van der Waals surface area contributed by atoms with Crippen LogP contribution in [0.1, 0.15) is 29.6 Å². The standard InChI is InChI=1S/C11H11FO/c12-10-7-2-1-6-9(10)11(13)8-4-3-5-8/h1-2,6-8H,3-5H2. The topological polar surface area (TPSA) is 17.1 Å². The van der Waals surface area contributed by atoms with Crippen molar-refractivity contribution in [3.05, 3.63) is 35.6 Å². The van der Waals surface area contributed by atoms with Crippen molar-refractivity contribution < 1.29 is 9.18 Å². The molecule has 1 fully saturated rings. The molecule has 1 aromatic rings. The van der Waals surface area contributed by atoms with Gasteiger partial charge in [-0.3, -0.25) is 4.79 Å². The van der Waals surface area contributed by atoms with E-state index in [0.717, 1.165) is 19.3 Å². The minimum Gasteiger partial charge on any atom is -0.294 e. The number of hydrogen-bond acceptors (Lipinski definition) is 1. The lowest BCUT2D eigenvalue weighted by Gasteiger charge is -2.23. The molecule has 0 saturated heterocycles. The van der Waals surface area contributed by atoms with E-state index in [1.165, 1.54) is 6.07 Å². The quantitative estimate of drug-likeness (QED) is 0.636. The van der Waals surface area contributed by atoms with Crippen molar-refractivity contribution in [3.8, 4) is 0 Å². The zero-order valence-electron chi connectivity index (χ0n) is 7.29. The highest BCUT2D eigenvalue weighted by Gasteiger charge is 2.27. The summed E-state index contributed by atoms with van der Waals surface area (Å²) in [4.78, 5) is 11.6. The summed E-state index contributed by atoms with van der Waals surface area (Å²) in [6.45, 7) is 0. The lowest BCUT2D eigenvalue weighted by molar-refractivity contribution is 0.0851. The maximum atomic E-state index is 13.1. The first-order valence-corrected chi connectivity index (χ1v) is 4.58. The van der Waals surface area contributed by atoms with E-state index in [0.29, 0.717) is 0 Å². The second-order valence-corrected chi connectivity index (χ2v) is 3.47. The molecular formula is C11H11FO. The van der Waals surface area contributed by atoms with Gasteiger partial charge in [0.2, 0.25) is 0 Å². The number of halogens is 1. The maximum absolute atomic E-state index is 13.1. The van der Waals surface area contributed by atoms with Gasteiger partial charge in [-0.15, -0.1) is 0 Å². The van der Waals surface area contributed by atoms with Crippen LogP contribution in [0.15, 0.2) is 24.3 Å². The second-order valence-electron chi connectivity index (χ2n) is 3.47. The van der Waals surface area contributed by atoms with Crippen molar-refractivity contribution in [2.75, 3.05) is 0 Å². The van der Waals surface area contributed by atoms with Gasteiger partial charge in [0.1, 0.15) is 5.82 Å². The first kappa shape index (κ1) is 8.42. The fourth-order valence-electron chi connectivity index (χ4n) is 1.55. The molecule has 1 nitrogen and oxygen atoms in total. The molecule has 1 aromatic carbocycles. The van der Waals surface area contributed by atoms with Crippen LogP contribution in [0.25, 0.3) is 0 Å². The second kappa shape index (κ2) is 3.29. The average molecular weight is 178 g/mol. The Hall–Kier alpha value is -1.18. The number of rotatable bonds is 2. The predicted molar refractivity (Wildman–Crippen MR) is 48.1 cm³/mol. The van der Waals surface area contributed by atoms with Gasteiger partial charge in [0.25, 0.3) is 0 Å². The Labute approximate surface area is 76.6 Å². The molecule has 0 spiro atoms. The molecule has 0 bridgehead atoms. The number of benzene rings is 1. The van der Waals surface area contributed by atoms with E-state index in [1.807, 2.05) is 0 Å². The van der Waals surface area contributed by atoms with Gasteiger partial charge in [-0.1, -0.05) is 18.6 Å². The third-order valence-electron chi connectivity index (χ3n) is 2.62. The molecular weight excluding hydrogens is 167 g/mol. The van der Waals surface area contributed by atoms with Crippen LogP contribution in [-0.4, -0.2) is 5.78 Å². The van der Waals surface area contributed by atoms with Crippen molar-refractivity contribution in [2.24, 2.45) is 5.92 Å². The lowest BCUT2D eigenvalue weighted by Crippen LogP contribution is -2.22. The predicted octanol–water partition coefficient (Wildman–Crippen LogP) is 2.81. The fraction of sp³-hybridized carbons (Fsp3) is 0.364. The van der Waals surface area contributed by atoms with Gasteiger partial charge >= 0.3 is 0 Å². The van der Waals surface area contributed by atoms with Crippen LogP contribution < -0.4 is 0 Å². The van der Waals surface area contributed by atoms with E-state index in [-0.39, 0.29) is 23.1 Å². The van der Waals surface area contributed by atoms with Gasteiger partial charge in [-0.2, -0.15) is 0 Å². The summed E-state index contributed by atoms with van der Waals surface area (Å²) in [6.07, 6.45) is 2.95. The fourth-order valence-corrected chi connectivity index (χ4v) is 1.55. The van der Waals surface area contributed by atoms with Gasteiger partial charge < -0.3 is 0 Å². The number of carbonyl (C=O) groups excluding carboxylic acids is 1. The monoisotopic (exact) mass is 178 g/mol. The number of ketones is 1. The zero-order chi connectivity index (χ0) is 9.26. The van der Waals surface area contributed by atoms with Gasteiger partial charge in [-0.25, -0.2) is 4.39 Å². The average Bonchev–Trinajstić information content (AvgIpc) is 2.01. The number of hydrogen-bond donors (Lipinski definition) is 0. The first-order chi connectivity index (χ1) is 6.29. The maximum Gasteiger partial charge on any atom is 0.168 e. The molecule has 0 amide bonds. The Morgan fingerprint density at radius 2 is 2.00 bits per heavy atom. The van der Waals surface area contributed by atoms with Gasteiger partial charge in [0.15, 0.2) is 5.78 Å². The van der Waals surface area contributed by atoms with Crippen LogP contribution in [0.5, 0.6) is 0 Å². The number of carbonyl (C=O) groups is 1. The Balaban J connectivity index is 2.24. The van der Waals surface area contributed by atoms with Gasteiger partial charge in [0, 0.05) is 5.92 Å². The Morgan fingerprint density at radius 1 is 1.31 bits per heavy atom. The SMILES string of the molecule is O=C(c1ccccc1F)C1CCC1.